The molecular formula is C17H25N5O4S. The van der Waals surface area contributed by atoms with Gasteiger partial charge in [0.1, 0.15) is 5.69 Å². The van der Waals surface area contributed by atoms with Gasteiger partial charge in [0, 0.05) is 12.6 Å². The first-order valence-electron chi connectivity index (χ1n) is 8.61. The van der Waals surface area contributed by atoms with Crippen LogP contribution in [-0.2, 0) is 16.6 Å². The first kappa shape index (κ1) is 20.8. The van der Waals surface area contributed by atoms with E-state index in [0.717, 1.165) is 18.3 Å². The number of hydrogen-bond acceptors (Lipinski definition) is 6. The van der Waals surface area contributed by atoms with E-state index >= 15 is 0 Å². The zero-order valence-corrected chi connectivity index (χ0v) is 16.9. The number of benzene rings is 1. The topological polar surface area (TPSA) is 119 Å². The summed E-state index contributed by atoms with van der Waals surface area (Å²) < 4.78 is 27.9. The number of anilines is 2. The number of nitro benzene ring substituents is 1. The Morgan fingerprint density at radius 3 is 2.41 bits per heavy atom. The largest absolute Gasteiger partial charge is 0.347 e. The molecule has 1 aromatic carbocycles. The number of nitrogens with zero attached hydrogens (tertiary/aromatic N) is 3. The molecule has 10 heteroatoms. The van der Waals surface area contributed by atoms with E-state index in [0.29, 0.717) is 11.6 Å². The molecule has 0 radical (unpaired) electrons. The molecule has 0 spiro atoms. The fourth-order valence-electron chi connectivity index (χ4n) is 2.79. The van der Waals surface area contributed by atoms with Gasteiger partial charge in [0.05, 0.1) is 27.4 Å². The standard InChI is InChI=1S/C17H25N5O4S/c1-11(2)10-21-17(12(3)4)15(9-19-21)20-14-7-6-13(27(25,26)18-5)8-16(14)22(23)24/h6-9,11-12,18,20H,10H2,1-5H3. The number of hydrogen-bond donors (Lipinski definition) is 2. The van der Waals surface area contributed by atoms with Gasteiger partial charge < -0.3 is 5.32 Å². The third-order valence-corrected chi connectivity index (χ3v) is 5.39. The molecule has 1 heterocycles. The lowest BCUT2D eigenvalue weighted by molar-refractivity contribution is -0.384. The maximum atomic E-state index is 11.9. The molecule has 0 saturated carbocycles. The average Bonchev–Trinajstić information content (AvgIpc) is 2.96. The minimum absolute atomic E-state index is 0.150. The lowest BCUT2D eigenvalue weighted by Crippen LogP contribution is -2.18. The summed E-state index contributed by atoms with van der Waals surface area (Å²) in [6, 6.07) is 3.77. The number of sulfonamides is 1. The van der Waals surface area contributed by atoms with Crippen molar-refractivity contribution in [3.05, 3.63) is 40.2 Å². The van der Waals surface area contributed by atoms with Gasteiger partial charge >= 0.3 is 0 Å². The first-order chi connectivity index (χ1) is 12.6. The van der Waals surface area contributed by atoms with Crippen LogP contribution in [0.2, 0.25) is 0 Å². The van der Waals surface area contributed by atoms with Crippen molar-refractivity contribution in [3.8, 4) is 0 Å². The van der Waals surface area contributed by atoms with Crippen LogP contribution in [0, 0.1) is 16.0 Å². The summed E-state index contributed by atoms with van der Waals surface area (Å²) in [7, 11) is -2.52. The van der Waals surface area contributed by atoms with Crippen molar-refractivity contribution in [2.45, 2.75) is 45.1 Å². The molecule has 0 unspecified atom stereocenters. The van der Waals surface area contributed by atoms with Gasteiger partial charge in [-0.15, -0.1) is 0 Å². The molecule has 0 amide bonds. The van der Waals surface area contributed by atoms with Gasteiger partial charge in [0.2, 0.25) is 10.0 Å². The van der Waals surface area contributed by atoms with Crippen molar-refractivity contribution in [3.63, 3.8) is 0 Å². The van der Waals surface area contributed by atoms with Gasteiger partial charge in [-0.05, 0) is 31.0 Å². The Labute approximate surface area is 159 Å². The zero-order valence-electron chi connectivity index (χ0n) is 16.1. The number of aromatic nitrogens is 2. The van der Waals surface area contributed by atoms with Gasteiger partial charge in [-0.25, -0.2) is 13.1 Å². The van der Waals surface area contributed by atoms with Crippen LogP contribution in [-0.4, -0.2) is 30.2 Å². The molecule has 0 atom stereocenters. The van der Waals surface area contributed by atoms with Gasteiger partial charge in [-0.1, -0.05) is 27.7 Å². The molecule has 0 saturated heterocycles. The third-order valence-electron chi connectivity index (χ3n) is 3.98. The highest BCUT2D eigenvalue weighted by Crippen LogP contribution is 2.33. The summed E-state index contributed by atoms with van der Waals surface area (Å²) in [5.41, 5.74) is 1.49. The quantitative estimate of drug-likeness (QED) is 0.523. The van der Waals surface area contributed by atoms with E-state index < -0.39 is 14.9 Å². The van der Waals surface area contributed by atoms with Gasteiger partial charge in [0.15, 0.2) is 0 Å². The minimum atomic E-state index is -3.77. The Balaban J connectivity index is 2.49. The average molecular weight is 395 g/mol. The molecule has 0 aliphatic rings. The summed E-state index contributed by atoms with van der Waals surface area (Å²) >= 11 is 0. The highest BCUT2D eigenvalue weighted by molar-refractivity contribution is 7.89. The summed E-state index contributed by atoms with van der Waals surface area (Å²) in [6.07, 6.45) is 1.64. The summed E-state index contributed by atoms with van der Waals surface area (Å²) in [5, 5.41) is 18.9. The Kier molecular flexibility index (Phi) is 6.22. The highest BCUT2D eigenvalue weighted by atomic mass is 32.2. The van der Waals surface area contributed by atoms with Crippen molar-refractivity contribution < 1.29 is 13.3 Å². The summed E-state index contributed by atoms with van der Waals surface area (Å²) in [4.78, 5) is 10.7. The number of rotatable bonds is 8. The predicted octanol–water partition coefficient (Wildman–Crippen LogP) is 3.22. The first-order valence-corrected chi connectivity index (χ1v) is 10.1. The van der Waals surface area contributed by atoms with Crippen LogP contribution in [0.5, 0.6) is 0 Å². The second kappa shape index (κ2) is 8.05. The fraction of sp³-hybridized carbons (Fsp3) is 0.471. The Morgan fingerprint density at radius 1 is 1.22 bits per heavy atom. The molecule has 2 rings (SSSR count). The number of nitro groups is 1. The maximum absolute atomic E-state index is 11.9. The molecule has 27 heavy (non-hydrogen) atoms. The summed E-state index contributed by atoms with van der Waals surface area (Å²) in [5.74, 6) is 0.548. The van der Waals surface area contributed by atoms with Crippen LogP contribution < -0.4 is 10.0 Å². The van der Waals surface area contributed by atoms with Crippen LogP contribution in [0.15, 0.2) is 29.3 Å². The van der Waals surface area contributed by atoms with Crippen LogP contribution in [0.1, 0.15) is 39.3 Å². The second-order valence-electron chi connectivity index (χ2n) is 6.94. The van der Waals surface area contributed by atoms with Crippen LogP contribution >= 0.6 is 0 Å². The van der Waals surface area contributed by atoms with Gasteiger partial charge in [-0.2, -0.15) is 5.10 Å². The van der Waals surface area contributed by atoms with E-state index in [2.05, 4.69) is 29.0 Å². The van der Waals surface area contributed by atoms with E-state index in [1.54, 1.807) is 6.20 Å². The smallest absolute Gasteiger partial charge is 0.294 e. The molecule has 0 fully saturated rings. The monoisotopic (exact) mass is 395 g/mol. The summed E-state index contributed by atoms with van der Waals surface area (Å²) in [6.45, 7) is 8.96. The van der Waals surface area contributed by atoms with Gasteiger partial charge in [0.25, 0.3) is 5.69 Å². The van der Waals surface area contributed by atoms with Crippen molar-refractivity contribution in [1.82, 2.24) is 14.5 Å². The van der Waals surface area contributed by atoms with Crippen molar-refractivity contribution in [2.75, 3.05) is 12.4 Å². The number of nitrogens with one attached hydrogen (secondary N) is 2. The van der Waals surface area contributed by atoms with Crippen molar-refractivity contribution >= 4 is 27.1 Å². The van der Waals surface area contributed by atoms with Crippen LogP contribution in [0.25, 0.3) is 0 Å². The normalized spacial score (nSPS) is 12.0. The van der Waals surface area contributed by atoms with Crippen molar-refractivity contribution in [2.24, 2.45) is 5.92 Å². The second-order valence-corrected chi connectivity index (χ2v) is 8.83. The van der Waals surface area contributed by atoms with E-state index in [1.807, 2.05) is 18.5 Å². The van der Waals surface area contributed by atoms with E-state index in [4.69, 9.17) is 0 Å². The molecule has 9 nitrogen and oxygen atoms in total. The molecule has 0 aliphatic heterocycles. The lowest BCUT2D eigenvalue weighted by Gasteiger charge is -2.15. The fourth-order valence-corrected chi connectivity index (χ4v) is 3.54. The molecular weight excluding hydrogens is 370 g/mol. The van der Waals surface area contributed by atoms with Gasteiger partial charge in [-0.3, -0.25) is 14.8 Å². The van der Waals surface area contributed by atoms with Crippen LogP contribution in [0.3, 0.4) is 0 Å². The highest BCUT2D eigenvalue weighted by Gasteiger charge is 2.22. The SMILES string of the molecule is CNS(=O)(=O)c1ccc(Nc2cnn(CC(C)C)c2C(C)C)c([N+](=O)[O-])c1. The van der Waals surface area contributed by atoms with E-state index in [9.17, 15) is 18.5 Å². The van der Waals surface area contributed by atoms with E-state index in [1.165, 1.54) is 19.2 Å². The predicted molar refractivity (Wildman–Crippen MR) is 104 cm³/mol. The van der Waals surface area contributed by atoms with E-state index in [-0.39, 0.29) is 22.2 Å². The molecule has 0 aliphatic carbocycles. The Hall–Kier alpha value is -2.46. The molecule has 2 N–H and O–H groups in total. The lowest BCUT2D eigenvalue weighted by atomic mass is 10.1. The Bertz CT molecular complexity index is 935. The maximum Gasteiger partial charge on any atom is 0.294 e. The zero-order chi connectivity index (χ0) is 20.4. The molecule has 0 bridgehead atoms. The Morgan fingerprint density at radius 2 is 1.89 bits per heavy atom. The van der Waals surface area contributed by atoms with Crippen molar-refractivity contribution in [1.29, 1.82) is 0 Å². The molecule has 148 valence electrons. The third kappa shape index (κ3) is 4.64. The molecule has 2 aromatic rings. The molecule has 1 aromatic heterocycles. The minimum Gasteiger partial charge on any atom is -0.347 e. The van der Waals surface area contributed by atoms with Crippen LogP contribution in [0.4, 0.5) is 17.1 Å².